The predicted octanol–water partition coefficient (Wildman–Crippen LogP) is 5.67. The van der Waals surface area contributed by atoms with E-state index in [-0.39, 0.29) is 12.4 Å². The second-order valence-corrected chi connectivity index (χ2v) is 9.48. The summed E-state index contributed by atoms with van der Waals surface area (Å²) >= 11 is 5.84. The summed E-state index contributed by atoms with van der Waals surface area (Å²) in [6, 6.07) is 19.6. The minimum absolute atomic E-state index is 0.128. The summed E-state index contributed by atoms with van der Waals surface area (Å²) in [6.07, 6.45) is 0. The van der Waals surface area contributed by atoms with Gasteiger partial charge in [-0.3, -0.25) is 4.79 Å². The molecule has 37 heavy (non-hydrogen) atoms. The number of anilines is 1. The molecule has 1 aliphatic heterocycles. The van der Waals surface area contributed by atoms with Crippen LogP contribution in [0.4, 0.5) is 5.69 Å². The largest absolute Gasteiger partial charge is 0.494 e. The molecule has 0 atom stereocenters. The van der Waals surface area contributed by atoms with Gasteiger partial charge in [-0.05, 0) is 98.2 Å². The van der Waals surface area contributed by atoms with Crippen molar-refractivity contribution in [2.45, 2.75) is 33.9 Å². The molecule has 190 valence electrons. The molecule has 0 aliphatic carbocycles. The Bertz CT molecular complexity index is 1510. The summed E-state index contributed by atoms with van der Waals surface area (Å²) in [6.45, 7) is 7.66. The second kappa shape index (κ2) is 10.5. The minimum atomic E-state index is -0.128. The first-order valence-corrected chi connectivity index (χ1v) is 12.6. The maximum atomic E-state index is 13.1. The van der Waals surface area contributed by atoms with Crippen LogP contribution in [-0.4, -0.2) is 28.4 Å². The fourth-order valence-corrected chi connectivity index (χ4v) is 4.75. The monoisotopic (exact) mass is 515 g/mol. The molecule has 5 rings (SSSR count). The highest BCUT2D eigenvalue weighted by molar-refractivity contribution is 7.80. The van der Waals surface area contributed by atoms with E-state index in [0.29, 0.717) is 36.1 Å². The Kier molecular flexibility index (Phi) is 7.01. The smallest absolute Gasteiger partial charge is 0.253 e. The normalized spacial score (nSPS) is 12.0. The zero-order chi connectivity index (χ0) is 25.9. The maximum absolute atomic E-state index is 13.1. The Balaban J connectivity index is 1.45. The number of H-pyrrole nitrogens is 1. The molecule has 4 aromatic rings. The van der Waals surface area contributed by atoms with E-state index in [4.69, 9.17) is 26.4 Å². The Morgan fingerprint density at radius 2 is 1.81 bits per heavy atom. The van der Waals surface area contributed by atoms with Crippen LogP contribution in [0, 0.1) is 13.8 Å². The second-order valence-electron chi connectivity index (χ2n) is 9.10. The fraction of sp³-hybridized carbons (Fsp3) is 0.241. The minimum Gasteiger partial charge on any atom is -0.494 e. The van der Waals surface area contributed by atoms with Gasteiger partial charge in [0.05, 0.1) is 13.2 Å². The summed E-state index contributed by atoms with van der Waals surface area (Å²) in [5.74, 6) is 2.23. The highest BCUT2D eigenvalue weighted by Crippen LogP contribution is 2.33. The first-order valence-electron chi connectivity index (χ1n) is 12.2. The Hall–Kier alpha value is -4.04. The standard InChI is InChI=1S/C29H29N3O4S/c1-4-34-23-8-6-22(7-9-23)30-29(37)32(15-20-5-10-26-27(13-20)36-17-35-26)16-21-14-24-19(3)11-18(2)12-25(24)31-28(21)33/h5-14H,4,15-17H2,1-3H3,(H,30,37)(H,31,33). The third-order valence-electron chi connectivity index (χ3n) is 6.27. The van der Waals surface area contributed by atoms with E-state index in [9.17, 15) is 4.79 Å². The van der Waals surface area contributed by atoms with Crippen molar-refractivity contribution >= 4 is 33.9 Å². The van der Waals surface area contributed by atoms with Crippen molar-refractivity contribution in [2.75, 3.05) is 18.7 Å². The lowest BCUT2D eigenvalue weighted by atomic mass is 10.0. The van der Waals surface area contributed by atoms with E-state index in [1.807, 2.05) is 73.3 Å². The number of aromatic amines is 1. The molecular weight excluding hydrogens is 486 g/mol. The maximum Gasteiger partial charge on any atom is 0.253 e. The zero-order valence-corrected chi connectivity index (χ0v) is 21.9. The van der Waals surface area contributed by atoms with Gasteiger partial charge in [-0.1, -0.05) is 12.1 Å². The molecule has 1 aliphatic rings. The Morgan fingerprint density at radius 1 is 1.03 bits per heavy atom. The lowest BCUT2D eigenvalue weighted by molar-refractivity contribution is 0.174. The number of ether oxygens (including phenoxy) is 3. The van der Waals surface area contributed by atoms with E-state index in [2.05, 4.69) is 23.3 Å². The van der Waals surface area contributed by atoms with E-state index in [1.165, 1.54) is 0 Å². The number of thiocarbonyl (C=S) groups is 1. The SMILES string of the molecule is CCOc1ccc(NC(=S)N(Cc2ccc3c(c2)OCO3)Cc2cc3c(C)cc(C)cc3[nH]c2=O)cc1. The average molecular weight is 516 g/mol. The molecule has 1 aromatic heterocycles. The number of rotatable bonds is 7. The fourth-order valence-electron chi connectivity index (χ4n) is 4.50. The molecule has 8 heteroatoms. The number of fused-ring (bicyclic) bond motifs is 2. The molecule has 2 heterocycles. The lowest BCUT2D eigenvalue weighted by Crippen LogP contribution is -2.35. The van der Waals surface area contributed by atoms with Crippen LogP contribution in [-0.2, 0) is 13.1 Å². The molecule has 0 saturated heterocycles. The third-order valence-corrected chi connectivity index (χ3v) is 6.63. The number of aryl methyl sites for hydroxylation is 2. The summed E-state index contributed by atoms with van der Waals surface area (Å²) in [7, 11) is 0. The van der Waals surface area contributed by atoms with Crippen molar-refractivity contribution in [3.63, 3.8) is 0 Å². The first-order chi connectivity index (χ1) is 17.9. The van der Waals surface area contributed by atoms with E-state index >= 15 is 0 Å². The quantitative estimate of drug-likeness (QED) is 0.307. The van der Waals surface area contributed by atoms with Gasteiger partial charge in [-0.25, -0.2) is 0 Å². The molecule has 3 aromatic carbocycles. The van der Waals surface area contributed by atoms with Gasteiger partial charge in [0, 0.05) is 28.7 Å². The van der Waals surface area contributed by atoms with Gasteiger partial charge < -0.3 is 29.4 Å². The number of hydrogen-bond acceptors (Lipinski definition) is 5. The van der Waals surface area contributed by atoms with Crippen molar-refractivity contribution in [1.29, 1.82) is 0 Å². The van der Waals surface area contributed by atoms with Gasteiger partial charge in [0.15, 0.2) is 16.6 Å². The number of aromatic nitrogens is 1. The van der Waals surface area contributed by atoms with Crippen molar-refractivity contribution < 1.29 is 14.2 Å². The topological polar surface area (TPSA) is 75.8 Å². The van der Waals surface area contributed by atoms with Crippen LogP contribution in [0.1, 0.15) is 29.2 Å². The summed E-state index contributed by atoms with van der Waals surface area (Å²) in [5.41, 5.74) is 5.40. The average Bonchev–Trinajstić information content (AvgIpc) is 3.33. The Morgan fingerprint density at radius 3 is 2.59 bits per heavy atom. The van der Waals surface area contributed by atoms with Gasteiger partial charge in [-0.15, -0.1) is 0 Å². The molecule has 0 unspecified atom stereocenters. The summed E-state index contributed by atoms with van der Waals surface area (Å²) in [5, 5.41) is 4.84. The van der Waals surface area contributed by atoms with Crippen molar-refractivity contribution in [2.24, 2.45) is 0 Å². The van der Waals surface area contributed by atoms with Crippen LogP contribution in [0.3, 0.4) is 0 Å². The molecule has 0 spiro atoms. The third kappa shape index (κ3) is 5.54. The van der Waals surface area contributed by atoms with Crippen molar-refractivity contribution in [1.82, 2.24) is 9.88 Å². The number of benzene rings is 3. The zero-order valence-electron chi connectivity index (χ0n) is 21.1. The van der Waals surface area contributed by atoms with E-state index in [0.717, 1.165) is 44.8 Å². The van der Waals surface area contributed by atoms with Gasteiger partial charge in [-0.2, -0.15) is 0 Å². The number of pyridine rings is 1. The predicted molar refractivity (Wildman–Crippen MR) is 150 cm³/mol. The van der Waals surface area contributed by atoms with Gasteiger partial charge in [0.1, 0.15) is 5.75 Å². The van der Waals surface area contributed by atoms with Crippen LogP contribution >= 0.6 is 12.2 Å². The van der Waals surface area contributed by atoms with Gasteiger partial charge >= 0.3 is 0 Å². The van der Waals surface area contributed by atoms with Crippen LogP contribution in [0.2, 0.25) is 0 Å². The first kappa shape index (κ1) is 24.6. The molecule has 0 fully saturated rings. The van der Waals surface area contributed by atoms with Crippen molar-refractivity contribution in [3.8, 4) is 17.2 Å². The van der Waals surface area contributed by atoms with Crippen molar-refractivity contribution in [3.05, 3.63) is 93.3 Å². The van der Waals surface area contributed by atoms with Crippen LogP contribution in [0.25, 0.3) is 10.9 Å². The molecule has 0 saturated carbocycles. The van der Waals surface area contributed by atoms with Gasteiger partial charge in [0.25, 0.3) is 5.56 Å². The highest BCUT2D eigenvalue weighted by atomic mass is 32.1. The van der Waals surface area contributed by atoms with Crippen LogP contribution in [0.15, 0.2) is 65.5 Å². The molecule has 2 N–H and O–H groups in total. The molecule has 0 amide bonds. The summed E-state index contributed by atoms with van der Waals surface area (Å²) in [4.78, 5) is 18.1. The van der Waals surface area contributed by atoms with E-state index < -0.39 is 0 Å². The molecule has 0 radical (unpaired) electrons. The molecular formula is C29H29N3O4S. The summed E-state index contributed by atoms with van der Waals surface area (Å²) < 4.78 is 16.6. The highest BCUT2D eigenvalue weighted by Gasteiger charge is 2.18. The number of nitrogens with one attached hydrogen (secondary N) is 2. The molecule has 0 bridgehead atoms. The molecule has 7 nitrogen and oxygen atoms in total. The van der Waals surface area contributed by atoms with Crippen LogP contribution < -0.4 is 25.1 Å². The van der Waals surface area contributed by atoms with E-state index in [1.54, 1.807) is 0 Å². The van der Waals surface area contributed by atoms with Gasteiger partial charge in [0.2, 0.25) is 6.79 Å². The lowest BCUT2D eigenvalue weighted by Gasteiger charge is -2.26. The Labute approximate surface area is 221 Å². The van der Waals surface area contributed by atoms with Crippen LogP contribution in [0.5, 0.6) is 17.2 Å². The number of nitrogens with zero attached hydrogens (tertiary/aromatic N) is 1. The number of hydrogen-bond donors (Lipinski definition) is 2.